The fraction of sp³-hybridized carbons (Fsp3) is 0.364. The Morgan fingerprint density at radius 2 is 2.21 bits per heavy atom. The number of ether oxygens (including phenoxy) is 1. The molecular weight excluding hydrogens is 257 g/mol. The summed E-state index contributed by atoms with van der Waals surface area (Å²) in [5.41, 5.74) is -0.400. The van der Waals surface area contributed by atoms with E-state index in [2.05, 4.69) is 10.6 Å². The molecule has 1 aromatic carbocycles. The van der Waals surface area contributed by atoms with Crippen molar-refractivity contribution in [3.63, 3.8) is 0 Å². The summed E-state index contributed by atoms with van der Waals surface area (Å²) in [4.78, 5) is 20.9. The maximum absolute atomic E-state index is 13.6. The topological polar surface area (TPSA) is 93.5 Å². The number of anilines is 1. The maximum Gasteiger partial charge on any atom is 0.313 e. The molecule has 1 amide bonds. The van der Waals surface area contributed by atoms with Gasteiger partial charge in [0.25, 0.3) is 0 Å². The molecule has 0 heterocycles. The lowest BCUT2D eigenvalue weighted by molar-refractivity contribution is -0.385. The second kappa shape index (κ2) is 6.53. The van der Waals surface area contributed by atoms with Crippen molar-refractivity contribution in [1.82, 2.24) is 5.32 Å². The van der Waals surface area contributed by atoms with E-state index in [-0.39, 0.29) is 30.3 Å². The van der Waals surface area contributed by atoms with Gasteiger partial charge in [-0.05, 0) is 0 Å². The van der Waals surface area contributed by atoms with Crippen molar-refractivity contribution >= 4 is 17.3 Å². The van der Waals surface area contributed by atoms with Crippen LogP contribution in [0.4, 0.5) is 15.8 Å². The molecule has 0 aliphatic heterocycles. The summed E-state index contributed by atoms with van der Waals surface area (Å²) in [7, 11) is 2.76. The lowest BCUT2D eigenvalue weighted by Gasteiger charge is -2.09. The molecule has 0 spiro atoms. The van der Waals surface area contributed by atoms with Crippen molar-refractivity contribution in [3.05, 3.63) is 28.1 Å². The average molecular weight is 271 g/mol. The normalized spacial score (nSPS) is 9.84. The zero-order valence-corrected chi connectivity index (χ0v) is 10.5. The van der Waals surface area contributed by atoms with E-state index in [0.29, 0.717) is 0 Å². The van der Waals surface area contributed by atoms with Crippen LogP contribution >= 0.6 is 0 Å². The standard InChI is InChI=1S/C11H14FN3O4/c1-13-11(16)3-4-14-8-6-10(19-2)9(15(17)18)5-7(8)12/h5-6,14H,3-4H2,1-2H3,(H,13,16). The monoisotopic (exact) mass is 271 g/mol. The van der Waals surface area contributed by atoms with E-state index in [4.69, 9.17) is 4.74 Å². The predicted molar refractivity (Wildman–Crippen MR) is 66.8 cm³/mol. The number of benzene rings is 1. The second-order valence-electron chi connectivity index (χ2n) is 3.61. The fourth-order valence-corrected chi connectivity index (χ4v) is 1.42. The van der Waals surface area contributed by atoms with Crippen LogP contribution in [0, 0.1) is 15.9 Å². The highest BCUT2D eigenvalue weighted by Gasteiger charge is 2.19. The van der Waals surface area contributed by atoms with Crippen molar-refractivity contribution in [2.75, 3.05) is 26.0 Å². The first-order valence-electron chi connectivity index (χ1n) is 5.46. The van der Waals surface area contributed by atoms with E-state index >= 15 is 0 Å². The van der Waals surface area contributed by atoms with Crippen LogP contribution in [0.5, 0.6) is 5.75 Å². The Labute approximate surface area is 108 Å². The first-order valence-corrected chi connectivity index (χ1v) is 5.46. The molecule has 2 N–H and O–H groups in total. The number of rotatable bonds is 6. The zero-order valence-electron chi connectivity index (χ0n) is 10.5. The van der Waals surface area contributed by atoms with Gasteiger partial charge in [0.05, 0.1) is 23.8 Å². The van der Waals surface area contributed by atoms with Gasteiger partial charge in [-0.3, -0.25) is 14.9 Å². The third kappa shape index (κ3) is 3.80. The summed E-state index contributed by atoms with van der Waals surface area (Å²) in [5, 5.41) is 15.8. The maximum atomic E-state index is 13.6. The van der Waals surface area contributed by atoms with E-state index in [1.165, 1.54) is 20.2 Å². The molecule has 1 rings (SSSR count). The van der Waals surface area contributed by atoms with Crippen molar-refractivity contribution in [2.45, 2.75) is 6.42 Å². The lowest BCUT2D eigenvalue weighted by Crippen LogP contribution is -2.21. The molecule has 0 unspecified atom stereocenters. The molecule has 0 aliphatic rings. The second-order valence-corrected chi connectivity index (χ2v) is 3.61. The van der Waals surface area contributed by atoms with E-state index < -0.39 is 16.4 Å². The van der Waals surface area contributed by atoms with Crippen molar-refractivity contribution in [3.8, 4) is 5.75 Å². The van der Waals surface area contributed by atoms with Gasteiger partial charge in [-0.25, -0.2) is 4.39 Å². The zero-order chi connectivity index (χ0) is 14.4. The molecule has 0 saturated carbocycles. The number of halogens is 1. The summed E-state index contributed by atoms with van der Waals surface area (Å²) in [6.07, 6.45) is 0.162. The summed E-state index contributed by atoms with van der Waals surface area (Å²) in [6, 6.07) is 1.97. The van der Waals surface area contributed by atoms with Crippen LogP contribution in [0.2, 0.25) is 0 Å². The van der Waals surface area contributed by atoms with Gasteiger partial charge in [0.15, 0.2) is 11.6 Å². The minimum atomic E-state index is -0.774. The fourth-order valence-electron chi connectivity index (χ4n) is 1.42. The Balaban J connectivity index is 2.85. The van der Waals surface area contributed by atoms with Gasteiger partial charge in [0.1, 0.15) is 0 Å². The van der Waals surface area contributed by atoms with Crippen molar-refractivity contribution in [1.29, 1.82) is 0 Å². The summed E-state index contributed by atoms with van der Waals surface area (Å²) in [5.74, 6) is -1.01. The highest BCUT2D eigenvalue weighted by molar-refractivity contribution is 5.76. The molecule has 0 bridgehead atoms. The smallest absolute Gasteiger partial charge is 0.313 e. The van der Waals surface area contributed by atoms with Crippen LogP contribution < -0.4 is 15.4 Å². The Morgan fingerprint density at radius 1 is 1.53 bits per heavy atom. The number of nitro benzene ring substituents is 1. The van der Waals surface area contributed by atoms with Gasteiger partial charge in [-0.15, -0.1) is 0 Å². The molecule has 0 fully saturated rings. The predicted octanol–water partition coefficient (Wildman–Crippen LogP) is 1.29. The van der Waals surface area contributed by atoms with Gasteiger partial charge >= 0.3 is 5.69 Å². The van der Waals surface area contributed by atoms with Crippen molar-refractivity contribution in [2.24, 2.45) is 0 Å². The van der Waals surface area contributed by atoms with Crippen LogP contribution in [-0.2, 0) is 4.79 Å². The highest BCUT2D eigenvalue weighted by atomic mass is 19.1. The molecule has 7 nitrogen and oxygen atoms in total. The first kappa shape index (κ1) is 14.7. The number of amides is 1. The van der Waals surface area contributed by atoms with E-state index in [0.717, 1.165) is 6.07 Å². The van der Waals surface area contributed by atoms with Crippen LogP contribution in [0.25, 0.3) is 0 Å². The van der Waals surface area contributed by atoms with Crippen LogP contribution in [0.1, 0.15) is 6.42 Å². The molecule has 19 heavy (non-hydrogen) atoms. The minimum absolute atomic E-state index is 0.0474. The van der Waals surface area contributed by atoms with Gasteiger partial charge in [0, 0.05) is 26.1 Å². The van der Waals surface area contributed by atoms with Gasteiger partial charge < -0.3 is 15.4 Å². The molecule has 8 heteroatoms. The lowest BCUT2D eigenvalue weighted by atomic mass is 10.2. The summed E-state index contributed by atoms with van der Waals surface area (Å²) >= 11 is 0. The number of nitro groups is 1. The molecule has 0 atom stereocenters. The molecule has 0 aliphatic carbocycles. The Hall–Kier alpha value is -2.38. The number of carbonyl (C=O) groups is 1. The van der Waals surface area contributed by atoms with E-state index in [9.17, 15) is 19.3 Å². The number of nitrogens with zero attached hydrogens (tertiary/aromatic N) is 1. The molecular formula is C11H14FN3O4. The Kier molecular flexibility index (Phi) is 5.04. The molecule has 104 valence electrons. The number of hydrogen-bond donors (Lipinski definition) is 2. The van der Waals surface area contributed by atoms with Gasteiger partial charge in [0.2, 0.25) is 5.91 Å². The average Bonchev–Trinajstić information content (AvgIpc) is 2.39. The summed E-state index contributed by atoms with van der Waals surface area (Å²) < 4.78 is 18.4. The molecule has 0 saturated heterocycles. The number of nitrogens with one attached hydrogen (secondary N) is 2. The van der Waals surface area contributed by atoms with Crippen LogP contribution in [0.3, 0.4) is 0 Å². The number of methoxy groups -OCH3 is 1. The van der Waals surface area contributed by atoms with Crippen LogP contribution in [-0.4, -0.2) is 31.5 Å². The van der Waals surface area contributed by atoms with E-state index in [1.807, 2.05) is 0 Å². The van der Waals surface area contributed by atoms with E-state index in [1.54, 1.807) is 0 Å². The first-order chi connectivity index (χ1) is 8.99. The number of hydrogen-bond acceptors (Lipinski definition) is 5. The SMILES string of the molecule is CNC(=O)CCNc1cc(OC)c([N+](=O)[O-])cc1F. The van der Waals surface area contributed by atoms with Gasteiger partial charge in [-0.2, -0.15) is 0 Å². The minimum Gasteiger partial charge on any atom is -0.490 e. The molecule has 1 aromatic rings. The van der Waals surface area contributed by atoms with Gasteiger partial charge in [-0.1, -0.05) is 0 Å². The molecule has 0 radical (unpaired) electrons. The molecule has 0 aromatic heterocycles. The van der Waals surface area contributed by atoms with Crippen molar-refractivity contribution < 1.29 is 18.8 Å². The largest absolute Gasteiger partial charge is 0.490 e. The highest BCUT2D eigenvalue weighted by Crippen LogP contribution is 2.32. The third-order valence-electron chi connectivity index (χ3n) is 2.41. The van der Waals surface area contributed by atoms with Crippen LogP contribution in [0.15, 0.2) is 12.1 Å². The quantitative estimate of drug-likeness (QED) is 0.600. The Morgan fingerprint density at radius 3 is 2.74 bits per heavy atom. The Bertz CT molecular complexity index is 493. The third-order valence-corrected chi connectivity index (χ3v) is 2.41. The number of carbonyl (C=O) groups excluding carboxylic acids is 1. The summed E-state index contributed by atoms with van der Waals surface area (Å²) in [6.45, 7) is 0.206.